The Bertz CT molecular complexity index is 864. The predicted octanol–water partition coefficient (Wildman–Crippen LogP) is 2.02. The summed E-state index contributed by atoms with van der Waals surface area (Å²) in [6.45, 7) is 5.97. The Kier molecular flexibility index (Phi) is 5.62. The van der Waals surface area contributed by atoms with Gasteiger partial charge in [-0.3, -0.25) is 4.79 Å². The van der Waals surface area contributed by atoms with Crippen LogP contribution < -0.4 is 15.5 Å². The molecule has 1 saturated carbocycles. The number of nitrogens with one attached hydrogen (secondary N) is 2. The van der Waals surface area contributed by atoms with Crippen LogP contribution in [-0.2, 0) is 14.9 Å². The third-order valence-electron chi connectivity index (χ3n) is 5.45. The maximum Gasteiger partial charge on any atom is 0.230 e. The number of carbonyl (C=O) groups excluding carboxylic acids is 1. The number of hydrogen-bond acceptors (Lipinski definition) is 6. The first-order valence-electron chi connectivity index (χ1n) is 10.0. The molecule has 2 fully saturated rings. The number of amides is 1. The van der Waals surface area contributed by atoms with Gasteiger partial charge in [0.05, 0.1) is 18.6 Å². The lowest BCUT2D eigenvalue weighted by atomic mass is 9.95. The normalized spacial score (nSPS) is 17.7. The summed E-state index contributed by atoms with van der Waals surface area (Å²) in [7, 11) is 0. The number of hydrogen-bond donors (Lipinski definition) is 2. The van der Waals surface area contributed by atoms with Crippen LogP contribution in [0.2, 0.25) is 0 Å². The van der Waals surface area contributed by atoms with E-state index in [1.165, 1.54) is 12.1 Å². The van der Waals surface area contributed by atoms with E-state index in [0.29, 0.717) is 32.3 Å². The van der Waals surface area contributed by atoms with Crippen molar-refractivity contribution in [1.29, 1.82) is 0 Å². The zero-order chi connectivity index (χ0) is 20.3. The Morgan fingerprint density at radius 2 is 1.90 bits per heavy atom. The average molecular weight is 399 g/mol. The zero-order valence-corrected chi connectivity index (χ0v) is 16.6. The molecule has 2 N–H and O–H groups in total. The van der Waals surface area contributed by atoms with Crippen LogP contribution in [0.1, 0.15) is 24.1 Å². The van der Waals surface area contributed by atoms with Crippen molar-refractivity contribution in [2.45, 2.75) is 25.2 Å². The van der Waals surface area contributed by atoms with Crippen LogP contribution in [0.3, 0.4) is 0 Å². The van der Waals surface area contributed by atoms with Crippen LogP contribution in [0.5, 0.6) is 0 Å². The van der Waals surface area contributed by atoms with E-state index < -0.39 is 5.41 Å². The van der Waals surface area contributed by atoms with Crippen molar-refractivity contribution in [3.63, 3.8) is 0 Å². The van der Waals surface area contributed by atoms with Crippen molar-refractivity contribution in [2.75, 3.05) is 49.6 Å². The Labute approximate surface area is 169 Å². The number of ether oxygens (including phenoxy) is 1. The number of anilines is 2. The van der Waals surface area contributed by atoms with Gasteiger partial charge in [-0.1, -0.05) is 12.1 Å². The topological polar surface area (TPSA) is 79.4 Å². The van der Waals surface area contributed by atoms with Crippen LogP contribution in [-0.4, -0.2) is 55.3 Å². The molecule has 1 aliphatic carbocycles. The molecule has 0 spiro atoms. The van der Waals surface area contributed by atoms with Crippen LogP contribution in [0, 0.1) is 12.7 Å². The van der Waals surface area contributed by atoms with Gasteiger partial charge in [-0.15, -0.1) is 0 Å². The second-order valence-electron chi connectivity index (χ2n) is 7.56. The lowest BCUT2D eigenvalue weighted by molar-refractivity contribution is -0.123. The molecule has 7 nitrogen and oxygen atoms in total. The fourth-order valence-corrected chi connectivity index (χ4v) is 3.65. The molecule has 154 valence electrons. The molecule has 2 heterocycles. The van der Waals surface area contributed by atoms with Gasteiger partial charge in [-0.05, 0) is 37.5 Å². The maximum absolute atomic E-state index is 13.2. The lowest BCUT2D eigenvalue weighted by Crippen LogP contribution is -2.38. The zero-order valence-electron chi connectivity index (χ0n) is 16.6. The summed E-state index contributed by atoms with van der Waals surface area (Å²) in [6, 6.07) is 8.19. The second kappa shape index (κ2) is 8.32. The lowest BCUT2D eigenvalue weighted by Gasteiger charge is -2.28. The van der Waals surface area contributed by atoms with Crippen molar-refractivity contribution in [1.82, 2.24) is 15.3 Å². The molecule has 4 rings (SSSR count). The van der Waals surface area contributed by atoms with Gasteiger partial charge in [0.15, 0.2) is 0 Å². The van der Waals surface area contributed by atoms with Crippen molar-refractivity contribution < 1.29 is 13.9 Å². The molecule has 0 atom stereocenters. The first-order valence-corrected chi connectivity index (χ1v) is 10.0. The third kappa shape index (κ3) is 4.48. The van der Waals surface area contributed by atoms with Crippen molar-refractivity contribution >= 4 is 17.7 Å². The summed E-state index contributed by atoms with van der Waals surface area (Å²) in [5.41, 5.74) is 1.26. The van der Waals surface area contributed by atoms with Gasteiger partial charge >= 0.3 is 0 Å². The van der Waals surface area contributed by atoms with E-state index in [1.54, 1.807) is 12.1 Å². The highest BCUT2D eigenvalue weighted by molar-refractivity contribution is 5.91. The fourth-order valence-electron chi connectivity index (χ4n) is 3.65. The van der Waals surface area contributed by atoms with E-state index >= 15 is 0 Å². The minimum absolute atomic E-state index is 0.00919. The number of nitrogens with zero attached hydrogens (tertiary/aromatic N) is 3. The summed E-state index contributed by atoms with van der Waals surface area (Å²) in [5.74, 6) is 1.15. The highest BCUT2D eigenvalue weighted by Crippen LogP contribution is 2.48. The molecule has 0 bridgehead atoms. The standard InChI is InChI=1S/C21H26FN5O2/c1-15-14-18(27-10-12-29-13-11-27)26-20(25-15)24-9-8-23-19(28)21(6-7-21)16-2-4-17(22)5-3-16/h2-5,14H,6-13H2,1H3,(H,23,28)(H,24,25,26). The van der Waals surface area contributed by atoms with E-state index in [-0.39, 0.29) is 11.7 Å². The molecular weight excluding hydrogens is 373 g/mol. The fraction of sp³-hybridized carbons (Fsp3) is 0.476. The summed E-state index contributed by atoms with van der Waals surface area (Å²) in [6.07, 6.45) is 1.59. The molecule has 1 amide bonds. The van der Waals surface area contributed by atoms with E-state index in [2.05, 4.69) is 25.5 Å². The van der Waals surface area contributed by atoms with Gasteiger partial charge in [0, 0.05) is 37.9 Å². The Morgan fingerprint density at radius 1 is 1.17 bits per heavy atom. The number of aromatic nitrogens is 2. The number of halogens is 1. The molecule has 2 aromatic rings. The van der Waals surface area contributed by atoms with Crippen LogP contribution in [0.15, 0.2) is 30.3 Å². The van der Waals surface area contributed by atoms with Crippen LogP contribution in [0.4, 0.5) is 16.2 Å². The molecule has 8 heteroatoms. The molecule has 1 aromatic heterocycles. The molecule has 1 aliphatic heterocycles. The van der Waals surface area contributed by atoms with Crippen molar-refractivity contribution in [3.05, 3.63) is 47.4 Å². The molecule has 29 heavy (non-hydrogen) atoms. The highest BCUT2D eigenvalue weighted by atomic mass is 19.1. The number of benzene rings is 1. The number of aryl methyl sites for hydroxylation is 1. The van der Waals surface area contributed by atoms with Gasteiger partial charge in [-0.2, -0.15) is 4.98 Å². The number of morpholine rings is 1. The smallest absolute Gasteiger partial charge is 0.230 e. The van der Waals surface area contributed by atoms with E-state index in [1.807, 2.05) is 13.0 Å². The average Bonchev–Trinajstić information content (AvgIpc) is 3.54. The monoisotopic (exact) mass is 399 g/mol. The van der Waals surface area contributed by atoms with Gasteiger partial charge in [0.25, 0.3) is 0 Å². The van der Waals surface area contributed by atoms with Gasteiger partial charge < -0.3 is 20.3 Å². The molecule has 1 saturated heterocycles. The minimum Gasteiger partial charge on any atom is -0.378 e. The highest BCUT2D eigenvalue weighted by Gasteiger charge is 2.50. The predicted molar refractivity (Wildman–Crippen MR) is 109 cm³/mol. The number of rotatable bonds is 7. The molecule has 2 aliphatic rings. The summed E-state index contributed by atoms with van der Waals surface area (Å²) >= 11 is 0. The van der Waals surface area contributed by atoms with Crippen molar-refractivity contribution in [3.8, 4) is 0 Å². The Morgan fingerprint density at radius 3 is 2.59 bits per heavy atom. The molecular formula is C21H26FN5O2. The van der Waals surface area contributed by atoms with Gasteiger partial charge in [0.2, 0.25) is 11.9 Å². The largest absolute Gasteiger partial charge is 0.378 e. The molecule has 0 radical (unpaired) electrons. The van der Waals surface area contributed by atoms with Crippen LogP contribution >= 0.6 is 0 Å². The third-order valence-corrected chi connectivity index (χ3v) is 5.45. The minimum atomic E-state index is -0.503. The first kappa shape index (κ1) is 19.6. The van der Waals surface area contributed by atoms with E-state index in [0.717, 1.165) is 43.0 Å². The Balaban J connectivity index is 1.30. The Hall–Kier alpha value is -2.74. The van der Waals surface area contributed by atoms with Gasteiger partial charge in [-0.25, -0.2) is 9.37 Å². The summed E-state index contributed by atoms with van der Waals surface area (Å²) in [4.78, 5) is 23.9. The summed E-state index contributed by atoms with van der Waals surface area (Å²) in [5, 5.41) is 6.18. The first-order chi connectivity index (χ1) is 14.1. The van der Waals surface area contributed by atoms with E-state index in [4.69, 9.17) is 4.74 Å². The SMILES string of the molecule is Cc1cc(N2CCOCC2)nc(NCCNC(=O)C2(c3ccc(F)cc3)CC2)n1. The number of carbonyl (C=O) groups is 1. The maximum atomic E-state index is 13.2. The molecule has 1 aromatic carbocycles. The van der Waals surface area contributed by atoms with Gasteiger partial charge in [0.1, 0.15) is 11.6 Å². The second-order valence-corrected chi connectivity index (χ2v) is 7.56. The van der Waals surface area contributed by atoms with E-state index in [9.17, 15) is 9.18 Å². The van der Waals surface area contributed by atoms with Crippen LogP contribution in [0.25, 0.3) is 0 Å². The molecule has 0 unspecified atom stereocenters. The summed E-state index contributed by atoms with van der Waals surface area (Å²) < 4.78 is 18.5. The van der Waals surface area contributed by atoms with Crippen molar-refractivity contribution in [2.24, 2.45) is 0 Å². The quantitative estimate of drug-likeness (QED) is 0.694.